The van der Waals surface area contributed by atoms with Crippen LogP contribution in [0, 0.1) is 0 Å². The highest BCUT2D eigenvalue weighted by Gasteiger charge is 1.95. The summed E-state index contributed by atoms with van der Waals surface area (Å²) in [6.45, 7) is 4.28. The van der Waals surface area contributed by atoms with E-state index in [4.69, 9.17) is 0 Å². The molecule has 0 amide bonds. The standard InChI is InChI=1S/C10H20O/c1-3-5-7-9-10(11)8-6-4-2/h7,9-11H,3-6,8H2,1-2H3. The van der Waals surface area contributed by atoms with Crippen LogP contribution in [0.3, 0.4) is 0 Å². The number of aliphatic hydroxyl groups is 1. The van der Waals surface area contributed by atoms with Crippen LogP contribution in [0.5, 0.6) is 0 Å². The number of aliphatic hydroxyl groups excluding tert-OH is 1. The Morgan fingerprint density at radius 2 is 2.00 bits per heavy atom. The minimum Gasteiger partial charge on any atom is -0.389 e. The minimum absolute atomic E-state index is 0.207. The van der Waals surface area contributed by atoms with Gasteiger partial charge in [-0.2, -0.15) is 0 Å². The first-order chi connectivity index (χ1) is 5.31. The molecule has 0 aliphatic heterocycles. The molecular weight excluding hydrogens is 136 g/mol. The molecule has 0 rings (SSSR count). The van der Waals surface area contributed by atoms with Crippen LogP contribution in [0.25, 0.3) is 0 Å². The molecule has 1 unspecified atom stereocenters. The highest BCUT2D eigenvalue weighted by atomic mass is 16.3. The van der Waals surface area contributed by atoms with Crippen LogP contribution in [0.15, 0.2) is 12.2 Å². The molecule has 0 aliphatic carbocycles. The van der Waals surface area contributed by atoms with Gasteiger partial charge in [0.1, 0.15) is 0 Å². The van der Waals surface area contributed by atoms with Crippen LogP contribution in [0.4, 0.5) is 0 Å². The van der Waals surface area contributed by atoms with Gasteiger partial charge in [-0.3, -0.25) is 0 Å². The van der Waals surface area contributed by atoms with Gasteiger partial charge >= 0.3 is 0 Å². The van der Waals surface area contributed by atoms with E-state index in [-0.39, 0.29) is 6.10 Å². The van der Waals surface area contributed by atoms with E-state index >= 15 is 0 Å². The smallest absolute Gasteiger partial charge is 0.0720 e. The van der Waals surface area contributed by atoms with Crippen LogP contribution in [-0.2, 0) is 0 Å². The van der Waals surface area contributed by atoms with E-state index in [1.54, 1.807) is 0 Å². The number of unbranched alkanes of at least 4 members (excludes halogenated alkanes) is 2. The first-order valence-corrected chi connectivity index (χ1v) is 4.66. The van der Waals surface area contributed by atoms with Crippen LogP contribution in [-0.4, -0.2) is 11.2 Å². The first kappa shape index (κ1) is 10.7. The van der Waals surface area contributed by atoms with Gasteiger partial charge in [-0.05, 0) is 12.8 Å². The van der Waals surface area contributed by atoms with E-state index in [2.05, 4.69) is 19.9 Å². The van der Waals surface area contributed by atoms with Crippen molar-refractivity contribution in [3.05, 3.63) is 12.2 Å². The highest BCUT2D eigenvalue weighted by Crippen LogP contribution is 2.02. The summed E-state index contributed by atoms with van der Waals surface area (Å²) in [5, 5.41) is 9.32. The summed E-state index contributed by atoms with van der Waals surface area (Å²) >= 11 is 0. The molecule has 11 heavy (non-hydrogen) atoms. The largest absolute Gasteiger partial charge is 0.389 e. The third-order valence-electron chi connectivity index (χ3n) is 1.67. The normalized spacial score (nSPS) is 14.1. The lowest BCUT2D eigenvalue weighted by atomic mass is 10.1. The van der Waals surface area contributed by atoms with Gasteiger partial charge in [0.2, 0.25) is 0 Å². The fourth-order valence-corrected chi connectivity index (χ4v) is 0.929. The van der Waals surface area contributed by atoms with Gasteiger partial charge in [0.25, 0.3) is 0 Å². The maximum atomic E-state index is 9.32. The number of hydrogen-bond acceptors (Lipinski definition) is 1. The van der Waals surface area contributed by atoms with Crippen molar-refractivity contribution in [1.82, 2.24) is 0 Å². The monoisotopic (exact) mass is 156 g/mol. The van der Waals surface area contributed by atoms with Crippen molar-refractivity contribution < 1.29 is 5.11 Å². The fraction of sp³-hybridized carbons (Fsp3) is 0.800. The molecule has 0 saturated carbocycles. The Kier molecular flexibility index (Phi) is 7.59. The third kappa shape index (κ3) is 7.60. The zero-order valence-electron chi connectivity index (χ0n) is 7.71. The molecule has 0 bridgehead atoms. The van der Waals surface area contributed by atoms with Crippen LogP contribution < -0.4 is 0 Å². The van der Waals surface area contributed by atoms with Gasteiger partial charge in [-0.15, -0.1) is 0 Å². The summed E-state index contributed by atoms with van der Waals surface area (Å²) in [5.74, 6) is 0. The zero-order valence-corrected chi connectivity index (χ0v) is 7.71. The first-order valence-electron chi connectivity index (χ1n) is 4.66. The average Bonchev–Trinajstić information content (AvgIpc) is 2.01. The van der Waals surface area contributed by atoms with Crippen LogP contribution in [0.1, 0.15) is 46.0 Å². The maximum Gasteiger partial charge on any atom is 0.0720 e. The maximum absolute atomic E-state index is 9.32. The predicted octanol–water partition coefficient (Wildman–Crippen LogP) is 2.89. The van der Waals surface area contributed by atoms with E-state index in [9.17, 15) is 5.11 Å². The Hall–Kier alpha value is -0.300. The molecule has 66 valence electrons. The lowest BCUT2D eigenvalue weighted by Gasteiger charge is -2.02. The fourth-order valence-electron chi connectivity index (χ4n) is 0.929. The van der Waals surface area contributed by atoms with Crippen molar-refractivity contribution in [2.24, 2.45) is 0 Å². The van der Waals surface area contributed by atoms with Crippen molar-refractivity contribution in [2.75, 3.05) is 0 Å². The second-order valence-corrected chi connectivity index (χ2v) is 2.93. The molecule has 1 heteroatoms. The summed E-state index contributed by atoms with van der Waals surface area (Å²) in [6, 6.07) is 0. The molecule has 1 atom stereocenters. The van der Waals surface area contributed by atoms with Gasteiger partial charge in [-0.1, -0.05) is 45.3 Å². The van der Waals surface area contributed by atoms with Crippen molar-refractivity contribution >= 4 is 0 Å². The van der Waals surface area contributed by atoms with Gasteiger partial charge in [-0.25, -0.2) is 0 Å². The average molecular weight is 156 g/mol. The van der Waals surface area contributed by atoms with E-state index in [1.165, 1.54) is 6.42 Å². The molecule has 0 aromatic rings. The Morgan fingerprint density at radius 1 is 1.27 bits per heavy atom. The summed E-state index contributed by atoms with van der Waals surface area (Å²) in [5.41, 5.74) is 0. The highest BCUT2D eigenvalue weighted by molar-refractivity contribution is 4.87. The molecule has 1 N–H and O–H groups in total. The van der Waals surface area contributed by atoms with Crippen molar-refractivity contribution in [1.29, 1.82) is 0 Å². The Labute approximate surface area is 70.1 Å². The van der Waals surface area contributed by atoms with Crippen molar-refractivity contribution in [2.45, 2.75) is 52.1 Å². The Bertz CT molecular complexity index is 97.0. The summed E-state index contributed by atoms with van der Waals surface area (Å²) < 4.78 is 0. The second kappa shape index (κ2) is 7.80. The van der Waals surface area contributed by atoms with E-state index in [0.29, 0.717) is 0 Å². The van der Waals surface area contributed by atoms with Crippen molar-refractivity contribution in [3.8, 4) is 0 Å². The third-order valence-corrected chi connectivity index (χ3v) is 1.67. The lowest BCUT2D eigenvalue weighted by Crippen LogP contribution is -2.00. The van der Waals surface area contributed by atoms with Crippen molar-refractivity contribution in [3.63, 3.8) is 0 Å². The van der Waals surface area contributed by atoms with E-state index in [0.717, 1.165) is 25.7 Å². The zero-order chi connectivity index (χ0) is 8.53. The number of rotatable bonds is 6. The molecular formula is C10H20O. The molecule has 0 aromatic heterocycles. The Balaban J connectivity index is 3.27. The molecule has 0 spiro atoms. The van der Waals surface area contributed by atoms with E-state index < -0.39 is 0 Å². The minimum atomic E-state index is -0.207. The molecule has 0 aromatic carbocycles. The van der Waals surface area contributed by atoms with Crippen LogP contribution >= 0.6 is 0 Å². The summed E-state index contributed by atoms with van der Waals surface area (Å²) in [6.07, 6.45) is 9.23. The molecule has 0 radical (unpaired) electrons. The lowest BCUT2D eigenvalue weighted by molar-refractivity contribution is 0.209. The van der Waals surface area contributed by atoms with Gasteiger partial charge in [0.15, 0.2) is 0 Å². The number of hydrogen-bond donors (Lipinski definition) is 1. The summed E-state index contributed by atoms with van der Waals surface area (Å²) in [4.78, 5) is 0. The topological polar surface area (TPSA) is 20.2 Å². The van der Waals surface area contributed by atoms with Crippen LogP contribution in [0.2, 0.25) is 0 Å². The quantitative estimate of drug-likeness (QED) is 0.586. The number of allylic oxidation sites excluding steroid dienone is 1. The second-order valence-electron chi connectivity index (χ2n) is 2.93. The Morgan fingerprint density at radius 3 is 2.55 bits per heavy atom. The molecule has 0 fully saturated rings. The molecule has 0 aliphatic rings. The SMILES string of the molecule is CCCC=CC(O)CCCC. The predicted molar refractivity (Wildman–Crippen MR) is 49.6 cm³/mol. The van der Waals surface area contributed by atoms with E-state index in [1.807, 2.05) is 6.08 Å². The molecule has 1 nitrogen and oxygen atoms in total. The van der Waals surface area contributed by atoms with Gasteiger partial charge in [0.05, 0.1) is 6.10 Å². The van der Waals surface area contributed by atoms with Gasteiger partial charge in [0, 0.05) is 0 Å². The summed E-state index contributed by atoms with van der Waals surface area (Å²) in [7, 11) is 0. The van der Waals surface area contributed by atoms with Gasteiger partial charge < -0.3 is 5.11 Å². The molecule has 0 heterocycles. The molecule has 0 saturated heterocycles.